The largest absolute Gasteiger partial charge is 0.403 e. The average molecular weight is 204 g/mol. The molecule has 0 bridgehead atoms. The van der Waals surface area contributed by atoms with E-state index in [1.165, 1.54) is 0 Å². The standard InChI is InChI=1S/C9H11F3N2/c10-9(11,12)8(14)5-6-3-1-2-4-7(6)13/h1-4,8H,5,13-14H2. The van der Waals surface area contributed by atoms with Gasteiger partial charge in [0, 0.05) is 5.69 Å². The van der Waals surface area contributed by atoms with Gasteiger partial charge in [-0.15, -0.1) is 0 Å². The molecule has 1 aromatic rings. The Balaban J connectivity index is 2.75. The first-order valence-electron chi connectivity index (χ1n) is 4.07. The highest BCUT2D eigenvalue weighted by atomic mass is 19.4. The van der Waals surface area contributed by atoms with Gasteiger partial charge in [-0.2, -0.15) is 13.2 Å². The van der Waals surface area contributed by atoms with Crippen molar-refractivity contribution in [2.45, 2.75) is 18.6 Å². The number of anilines is 1. The van der Waals surface area contributed by atoms with Gasteiger partial charge in [0.05, 0.1) is 0 Å². The van der Waals surface area contributed by atoms with Crippen LogP contribution in [0.5, 0.6) is 0 Å². The van der Waals surface area contributed by atoms with Crippen molar-refractivity contribution in [2.75, 3.05) is 5.73 Å². The van der Waals surface area contributed by atoms with Crippen LogP contribution in [-0.4, -0.2) is 12.2 Å². The lowest BCUT2D eigenvalue weighted by Crippen LogP contribution is -2.39. The van der Waals surface area contributed by atoms with E-state index in [-0.39, 0.29) is 6.42 Å². The highest BCUT2D eigenvalue weighted by Gasteiger charge is 2.36. The van der Waals surface area contributed by atoms with E-state index in [4.69, 9.17) is 11.5 Å². The van der Waals surface area contributed by atoms with E-state index < -0.39 is 12.2 Å². The Labute approximate surface area is 79.7 Å². The first-order valence-corrected chi connectivity index (χ1v) is 4.07. The van der Waals surface area contributed by atoms with E-state index in [9.17, 15) is 13.2 Å². The van der Waals surface area contributed by atoms with Crippen LogP contribution in [0.2, 0.25) is 0 Å². The summed E-state index contributed by atoms with van der Waals surface area (Å²) in [6.07, 6.45) is -4.65. The summed E-state index contributed by atoms with van der Waals surface area (Å²) < 4.78 is 36.3. The zero-order valence-electron chi connectivity index (χ0n) is 7.38. The summed E-state index contributed by atoms with van der Waals surface area (Å²) >= 11 is 0. The van der Waals surface area contributed by atoms with Crippen molar-refractivity contribution in [3.63, 3.8) is 0 Å². The smallest absolute Gasteiger partial charge is 0.399 e. The summed E-state index contributed by atoms with van der Waals surface area (Å²) in [6.45, 7) is 0. The van der Waals surface area contributed by atoms with Crippen molar-refractivity contribution < 1.29 is 13.2 Å². The highest BCUT2D eigenvalue weighted by Crippen LogP contribution is 2.23. The summed E-state index contributed by atoms with van der Waals surface area (Å²) in [5, 5.41) is 0. The molecule has 0 radical (unpaired) electrons. The van der Waals surface area contributed by atoms with Gasteiger partial charge in [-0.25, -0.2) is 0 Å². The van der Waals surface area contributed by atoms with Crippen molar-refractivity contribution >= 4 is 5.69 Å². The van der Waals surface area contributed by atoms with Crippen molar-refractivity contribution in [1.29, 1.82) is 0 Å². The molecule has 2 nitrogen and oxygen atoms in total. The van der Waals surface area contributed by atoms with E-state index in [1.54, 1.807) is 24.3 Å². The highest BCUT2D eigenvalue weighted by molar-refractivity contribution is 5.46. The number of nitrogens with two attached hydrogens (primary N) is 2. The van der Waals surface area contributed by atoms with Crippen LogP contribution in [0.15, 0.2) is 24.3 Å². The molecule has 1 aromatic carbocycles. The van der Waals surface area contributed by atoms with Gasteiger partial charge in [-0.05, 0) is 18.1 Å². The van der Waals surface area contributed by atoms with E-state index in [1.807, 2.05) is 0 Å². The zero-order valence-corrected chi connectivity index (χ0v) is 7.38. The minimum atomic E-state index is -4.37. The first kappa shape index (κ1) is 10.8. The van der Waals surface area contributed by atoms with Gasteiger partial charge in [0.15, 0.2) is 0 Å². The maximum Gasteiger partial charge on any atom is 0.403 e. The molecule has 1 atom stereocenters. The fourth-order valence-electron chi connectivity index (χ4n) is 1.07. The number of hydrogen-bond donors (Lipinski definition) is 2. The Bertz CT molecular complexity index is 309. The van der Waals surface area contributed by atoms with Crippen LogP contribution in [-0.2, 0) is 6.42 Å². The molecule has 5 heteroatoms. The molecule has 1 rings (SSSR count). The number of rotatable bonds is 2. The van der Waals surface area contributed by atoms with Gasteiger partial charge in [-0.3, -0.25) is 0 Å². The van der Waals surface area contributed by atoms with Crippen LogP contribution in [0.1, 0.15) is 5.56 Å². The van der Waals surface area contributed by atoms with Crippen LogP contribution in [0.4, 0.5) is 18.9 Å². The Morgan fingerprint density at radius 3 is 2.29 bits per heavy atom. The van der Waals surface area contributed by atoms with Crippen LogP contribution in [0.25, 0.3) is 0 Å². The molecule has 0 heterocycles. The summed E-state index contributed by atoms with van der Waals surface area (Å²) in [7, 11) is 0. The molecule has 0 aromatic heterocycles. The lowest BCUT2D eigenvalue weighted by Gasteiger charge is -2.16. The molecule has 0 spiro atoms. The number of benzene rings is 1. The maximum absolute atomic E-state index is 12.1. The van der Waals surface area contributed by atoms with E-state index in [2.05, 4.69) is 0 Å². The van der Waals surface area contributed by atoms with Crippen LogP contribution >= 0.6 is 0 Å². The molecule has 0 aliphatic rings. The Morgan fingerprint density at radius 1 is 1.21 bits per heavy atom. The lowest BCUT2D eigenvalue weighted by molar-refractivity contribution is -0.147. The number of hydrogen-bond acceptors (Lipinski definition) is 2. The quantitative estimate of drug-likeness (QED) is 0.720. The van der Waals surface area contributed by atoms with E-state index >= 15 is 0 Å². The molecule has 0 aliphatic carbocycles. The maximum atomic E-state index is 12.1. The summed E-state index contributed by atoms with van der Waals surface area (Å²) in [6, 6.07) is 4.54. The molecule has 0 saturated heterocycles. The zero-order chi connectivity index (χ0) is 10.8. The molecule has 4 N–H and O–H groups in total. The third kappa shape index (κ3) is 2.63. The van der Waals surface area contributed by atoms with Gasteiger partial charge in [0.25, 0.3) is 0 Å². The van der Waals surface area contributed by atoms with Crippen LogP contribution in [0, 0.1) is 0 Å². The normalized spacial score (nSPS) is 14.0. The molecule has 0 fully saturated rings. The number of alkyl halides is 3. The van der Waals surface area contributed by atoms with Crippen molar-refractivity contribution in [2.24, 2.45) is 5.73 Å². The minimum absolute atomic E-state index is 0.282. The van der Waals surface area contributed by atoms with E-state index in [0.717, 1.165) is 0 Å². The fraction of sp³-hybridized carbons (Fsp3) is 0.333. The molecule has 14 heavy (non-hydrogen) atoms. The van der Waals surface area contributed by atoms with Crippen molar-refractivity contribution in [3.05, 3.63) is 29.8 Å². The molecule has 1 unspecified atom stereocenters. The molecular formula is C9H11F3N2. The molecule has 0 saturated carbocycles. The topological polar surface area (TPSA) is 52.0 Å². The molecule has 0 amide bonds. The third-order valence-electron chi connectivity index (χ3n) is 1.92. The lowest BCUT2D eigenvalue weighted by atomic mass is 10.0. The van der Waals surface area contributed by atoms with Gasteiger partial charge < -0.3 is 11.5 Å². The second-order valence-electron chi connectivity index (χ2n) is 3.05. The monoisotopic (exact) mass is 204 g/mol. The van der Waals surface area contributed by atoms with Crippen molar-refractivity contribution in [3.8, 4) is 0 Å². The first-order chi connectivity index (χ1) is 6.41. The fourth-order valence-corrected chi connectivity index (χ4v) is 1.07. The average Bonchev–Trinajstić information content (AvgIpc) is 2.07. The molecule has 0 aliphatic heterocycles. The summed E-state index contributed by atoms with van der Waals surface area (Å²) in [5.74, 6) is 0. The molecule has 78 valence electrons. The SMILES string of the molecule is Nc1ccccc1CC(N)C(F)(F)F. The Hall–Kier alpha value is -1.23. The minimum Gasteiger partial charge on any atom is -0.399 e. The number of nitrogen functional groups attached to an aromatic ring is 1. The molecular weight excluding hydrogens is 193 g/mol. The van der Waals surface area contributed by atoms with Gasteiger partial charge in [0.2, 0.25) is 0 Å². The predicted octanol–water partition coefficient (Wildman–Crippen LogP) is 1.70. The van der Waals surface area contributed by atoms with Gasteiger partial charge in [-0.1, -0.05) is 18.2 Å². The van der Waals surface area contributed by atoms with Crippen LogP contribution < -0.4 is 11.5 Å². The van der Waals surface area contributed by atoms with Gasteiger partial charge >= 0.3 is 6.18 Å². The number of para-hydroxylation sites is 1. The van der Waals surface area contributed by atoms with Crippen molar-refractivity contribution in [1.82, 2.24) is 0 Å². The second-order valence-corrected chi connectivity index (χ2v) is 3.05. The van der Waals surface area contributed by atoms with Gasteiger partial charge in [0.1, 0.15) is 6.04 Å². The number of halogens is 3. The Kier molecular flexibility index (Phi) is 3.00. The van der Waals surface area contributed by atoms with E-state index in [0.29, 0.717) is 11.3 Å². The van der Waals surface area contributed by atoms with Crippen LogP contribution in [0.3, 0.4) is 0 Å². The third-order valence-corrected chi connectivity index (χ3v) is 1.92. The second kappa shape index (κ2) is 3.88. The Morgan fingerprint density at radius 2 is 1.79 bits per heavy atom. The summed E-state index contributed by atoms with van der Waals surface area (Å²) in [5.41, 5.74) is 11.2. The predicted molar refractivity (Wildman–Crippen MR) is 48.6 cm³/mol. The summed E-state index contributed by atoms with van der Waals surface area (Å²) in [4.78, 5) is 0.